The molecule has 0 saturated carbocycles. The first-order valence-corrected chi connectivity index (χ1v) is 13.0. The Hall–Kier alpha value is -1.54. The maximum Gasteiger partial charge on any atom is 0.329 e. The maximum absolute atomic E-state index is 12.7. The molecule has 31 heavy (non-hydrogen) atoms. The van der Waals surface area contributed by atoms with Crippen LogP contribution in [0.15, 0.2) is 23.8 Å². The Morgan fingerprint density at radius 2 is 1.68 bits per heavy atom. The standard InChI is InChI=1S/C23H37NO5S2/c1-8-16(4)22(27)24-21(15(2)3)23(28)29-20(13-18(6)25)11-9-10-12-30-31-14-17(5)19(7)26/h8-9,11,15,17,20-21H,10,12-14H2,1-7H3,(H,24,27)/b11-9+,16-8+/t17-,20?,21+/m1/s1. The first kappa shape index (κ1) is 29.5. The van der Waals surface area contributed by atoms with Crippen LogP contribution < -0.4 is 5.32 Å². The number of ether oxygens (including phenoxy) is 1. The molecule has 6 nitrogen and oxygen atoms in total. The minimum absolute atomic E-state index is 0.0541. The summed E-state index contributed by atoms with van der Waals surface area (Å²) in [5.74, 6) is 0.770. The first-order chi connectivity index (χ1) is 14.5. The van der Waals surface area contributed by atoms with Crippen molar-refractivity contribution in [2.75, 3.05) is 11.5 Å². The van der Waals surface area contributed by atoms with Gasteiger partial charge in [0.1, 0.15) is 23.7 Å². The predicted molar refractivity (Wildman–Crippen MR) is 130 cm³/mol. The van der Waals surface area contributed by atoms with Crippen molar-refractivity contribution in [3.05, 3.63) is 23.8 Å². The minimum Gasteiger partial charge on any atom is -0.456 e. The SMILES string of the molecule is C/C=C(\C)C(=O)N[C@H](C(=O)OC(/C=C/CCSSC[C@@H](C)C(C)=O)CC(C)=O)C(C)C. The molecule has 1 N–H and O–H groups in total. The van der Waals surface area contributed by atoms with Crippen molar-refractivity contribution >= 4 is 45.0 Å². The Morgan fingerprint density at radius 1 is 1.03 bits per heavy atom. The third-order valence-electron chi connectivity index (χ3n) is 4.57. The number of hydrogen-bond acceptors (Lipinski definition) is 7. The van der Waals surface area contributed by atoms with E-state index in [4.69, 9.17) is 4.74 Å². The van der Waals surface area contributed by atoms with E-state index in [9.17, 15) is 19.2 Å². The topological polar surface area (TPSA) is 89.5 Å². The Balaban J connectivity index is 4.78. The van der Waals surface area contributed by atoms with Gasteiger partial charge in [0.05, 0.1) is 0 Å². The number of ketones is 2. The quantitative estimate of drug-likeness (QED) is 0.123. The van der Waals surface area contributed by atoms with E-state index in [0.29, 0.717) is 5.57 Å². The van der Waals surface area contributed by atoms with Gasteiger partial charge < -0.3 is 10.1 Å². The summed E-state index contributed by atoms with van der Waals surface area (Å²) in [6.45, 7) is 12.1. The van der Waals surface area contributed by atoms with Gasteiger partial charge >= 0.3 is 5.97 Å². The van der Waals surface area contributed by atoms with E-state index < -0.39 is 18.1 Å². The van der Waals surface area contributed by atoms with Crippen LogP contribution in [0.1, 0.15) is 61.3 Å². The number of carbonyl (C=O) groups is 4. The van der Waals surface area contributed by atoms with Crippen molar-refractivity contribution in [1.29, 1.82) is 0 Å². The largest absolute Gasteiger partial charge is 0.456 e. The molecule has 0 saturated heterocycles. The third kappa shape index (κ3) is 13.5. The zero-order valence-electron chi connectivity index (χ0n) is 19.7. The molecule has 0 aliphatic heterocycles. The zero-order valence-corrected chi connectivity index (χ0v) is 21.4. The number of rotatable bonds is 15. The van der Waals surface area contributed by atoms with Gasteiger partial charge in [-0.1, -0.05) is 54.5 Å². The molecule has 0 aromatic rings. The Bertz CT molecular complexity index is 673. The third-order valence-corrected chi connectivity index (χ3v) is 7.18. The lowest BCUT2D eigenvalue weighted by Crippen LogP contribution is -2.46. The normalized spacial score (nSPS) is 14.9. The van der Waals surface area contributed by atoms with Crippen LogP contribution >= 0.6 is 21.6 Å². The van der Waals surface area contributed by atoms with Gasteiger partial charge in [-0.2, -0.15) is 0 Å². The number of hydrogen-bond donors (Lipinski definition) is 1. The molecule has 0 heterocycles. The minimum atomic E-state index is -0.791. The van der Waals surface area contributed by atoms with Gasteiger partial charge in [0, 0.05) is 29.4 Å². The van der Waals surface area contributed by atoms with Crippen LogP contribution in [0.25, 0.3) is 0 Å². The fourth-order valence-electron chi connectivity index (χ4n) is 2.23. The molecule has 176 valence electrons. The second kappa shape index (κ2) is 16.1. The van der Waals surface area contributed by atoms with Gasteiger partial charge in [-0.25, -0.2) is 4.79 Å². The predicted octanol–water partition coefficient (Wildman–Crippen LogP) is 4.54. The molecule has 3 atom stereocenters. The summed E-state index contributed by atoms with van der Waals surface area (Å²) in [5, 5.41) is 2.71. The van der Waals surface area contributed by atoms with E-state index >= 15 is 0 Å². The lowest BCUT2D eigenvalue weighted by atomic mass is 10.0. The summed E-state index contributed by atoms with van der Waals surface area (Å²) in [5.41, 5.74) is 0.520. The highest BCUT2D eigenvalue weighted by Gasteiger charge is 2.28. The lowest BCUT2D eigenvalue weighted by molar-refractivity contribution is -0.152. The molecule has 0 fully saturated rings. The maximum atomic E-state index is 12.7. The van der Waals surface area contributed by atoms with Crippen molar-refractivity contribution in [2.24, 2.45) is 11.8 Å². The molecule has 1 amide bonds. The van der Waals surface area contributed by atoms with Crippen LogP contribution in [0, 0.1) is 11.8 Å². The van der Waals surface area contributed by atoms with Gasteiger partial charge in [-0.05, 0) is 46.1 Å². The summed E-state index contributed by atoms with van der Waals surface area (Å²) in [7, 11) is 3.35. The van der Waals surface area contributed by atoms with Gasteiger partial charge in [-0.3, -0.25) is 14.4 Å². The van der Waals surface area contributed by atoms with Crippen LogP contribution in [0.2, 0.25) is 0 Å². The average Bonchev–Trinajstić information content (AvgIpc) is 2.68. The Kier molecular flexibility index (Phi) is 15.3. The molecule has 0 aliphatic rings. The van der Waals surface area contributed by atoms with E-state index in [1.165, 1.54) is 6.92 Å². The first-order valence-electron chi connectivity index (χ1n) is 10.5. The van der Waals surface area contributed by atoms with Crippen molar-refractivity contribution < 1.29 is 23.9 Å². The number of carbonyl (C=O) groups excluding carboxylic acids is 4. The molecule has 0 aromatic carbocycles. The van der Waals surface area contributed by atoms with Crippen LogP contribution in [0.4, 0.5) is 0 Å². The number of esters is 1. The average molecular weight is 472 g/mol. The summed E-state index contributed by atoms with van der Waals surface area (Å²) in [4.78, 5) is 47.7. The lowest BCUT2D eigenvalue weighted by Gasteiger charge is -2.23. The van der Waals surface area contributed by atoms with Gasteiger partial charge in [0.25, 0.3) is 0 Å². The molecular weight excluding hydrogens is 434 g/mol. The fourth-order valence-corrected chi connectivity index (χ4v) is 4.66. The summed E-state index contributed by atoms with van der Waals surface area (Å²) >= 11 is 0. The summed E-state index contributed by atoms with van der Waals surface area (Å²) < 4.78 is 5.55. The van der Waals surface area contributed by atoms with E-state index in [2.05, 4.69) is 5.32 Å². The van der Waals surface area contributed by atoms with E-state index in [1.54, 1.807) is 54.5 Å². The number of Topliss-reactive ketones (excluding diaryl/α,β-unsaturated/α-hetero) is 2. The molecule has 8 heteroatoms. The van der Waals surface area contributed by atoms with E-state index in [-0.39, 0.29) is 35.7 Å². The van der Waals surface area contributed by atoms with Crippen molar-refractivity contribution in [3.63, 3.8) is 0 Å². The molecule has 0 aromatic heterocycles. The molecule has 0 aliphatic carbocycles. The molecule has 0 spiro atoms. The highest BCUT2D eigenvalue weighted by atomic mass is 33.1. The van der Waals surface area contributed by atoms with Crippen molar-refractivity contribution in [2.45, 2.75) is 73.5 Å². The van der Waals surface area contributed by atoms with Gasteiger partial charge in [0.15, 0.2) is 0 Å². The molecule has 0 radical (unpaired) electrons. The molecule has 1 unspecified atom stereocenters. The summed E-state index contributed by atoms with van der Waals surface area (Å²) in [6.07, 6.45) is 5.49. The Labute approximate surface area is 194 Å². The monoisotopic (exact) mass is 471 g/mol. The zero-order chi connectivity index (χ0) is 24.0. The van der Waals surface area contributed by atoms with E-state index in [0.717, 1.165) is 17.9 Å². The van der Waals surface area contributed by atoms with Crippen molar-refractivity contribution in [3.8, 4) is 0 Å². The smallest absolute Gasteiger partial charge is 0.329 e. The summed E-state index contributed by atoms with van der Waals surface area (Å²) in [6, 6.07) is -0.791. The van der Waals surface area contributed by atoms with E-state index in [1.807, 2.05) is 26.8 Å². The number of nitrogens with one attached hydrogen (secondary N) is 1. The fraction of sp³-hybridized carbons (Fsp3) is 0.652. The second-order valence-electron chi connectivity index (χ2n) is 7.88. The molecular formula is C23H37NO5S2. The van der Waals surface area contributed by atoms with Crippen molar-refractivity contribution in [1.82, 2.24) is 5.32 Å². The van der Waals surface area contributed by atoms with Gasteiger partial charge in [-0.15, -0.1) is 0 Å². The number of amides is 1. The van der Waals surface area contributed by atoms with Crippen LogP contribution in [0.3, 0.4) is 0 Å². The van der Waals surface area contributed by atoms with Gasteiger partial charge in [0.2, 0.25) is 5.91 Å². The number of allylic oxidation sites excluding steroid dienone is 2. The van der Waals surface area contributed by atoms with Crippen LogP contribution in [-0.2, 0) is 23.9 Å². The molecule has 0 rings (SSSR count). The Morgan fingerprint density at radius 3 is 2.19 bits per heavy atom. The van der Waals surface area contributed by atoms with Crippen LogP contribution in [0.5, 0.6) is 0 Å². The highest BCUT2D eigenvalue weighted by molar-refractivity contribution is 8.76. The van der Waals surface area contributed by atoms with Crippen LogP contribution in [-0.4, -0.2) is 47.1 Å². The second-order valence-corrected chi connectivity index (χ2v) is 10.5. The molecule has 0 bridgehead atoms. The highest BCUT2D eigenvalue weighted by Crippen LogP contribution is 2.25.